The molecular formula is C15H16N4O2. The number of hydrogen-bond acceptors (Lipinski definition) is 6. The summed E-state index contributed by atoms with van der Waals surface area (Å²) in [5.74, 6) is 1.49. The highest BCUT2D eigenvalue weighted by atomic mass is 16.5. The van der Waals surface area contributed by atoms with E-state index in [9.17, 15) is 0 Å². The Balaban J connectivity index is 2.10. The zero-order valence-corrected chi connectivity index (χ0v) is 12.2. The molecule has 6 heteroatoms. The first-order chi connectivity index (χ1) is 10.2. The first kappa shape index (κ1) is 13.4. The van der Waals surface area contributed by atoms with Crippen molar-refractivity contribution in [3.05, 3.63) is 29.8 Å². The van der Waals surface area contributed by atoms with Gasteiger partial charge in [0.1, 0.15) is 5.58 Å². The van der Waals surface area contributed by atoms with Crippen molar-refractivity contribution in [2.45, 2.75) is 13.8 Å². The van der Waals surface area contributed by atoms with Crippen LogP contribution in [0.2, 0.25) is 0 Å². The van der Waals surface area contributed by atoms with Crippen molar-refractivity contribution in [3.8, 4) is 17.6 Å². The number of anilines is 1. The Hall–Kier alpha value is -2.63. The monoisotopic (exact) mass is 284 g/mol. The van der Waals surface area contributed by atoms with Crippen LogP contribution < -0.4 is 10.1 Å². The van der Waals surface area contributed by atoms with Crippen LogP contribution in [0.3, 0.4) is 0 Å². The number of hydrogen-bond donors (Lipinski definition) is 1. The quantitative estimate of drug-likeness (QED) is 0.794. The summed E-state index contributed by atoms with van der Waals surface area (Å²) in [6.07, 6.45) is 0. The van der Waals surface area contributed by atoms with E-state index < -0.39 is 0 Å². The molecule has 2 heterocycles. The molecule has 1 aromatic carbocycles. The van der Waals surface area contributed by atoms with Crippen molar-refractivity contribution in [2.24, 2.45) is 0 Å². The molecular weight excluding hydrogens is 268 g/mol. The number of aryl methyl sites for hydroxylation is 1. The standard InChI is InChI=1S/C15H16N4O2/c1-4-20-15-18-13(17-14(16-3)19-15)12-8-10-7-9(2)5-6-11(10)21-12/h5-8H,4H2,1-3H3,(H,16,17,18,19). The fraction of sp³-hybridized carbons (Fsp3) is 0.267. The summed E-state index contributed by atoms with van der Waals surface area (Å²) < 4.78 is 11.2. The van der Waals surface area contributed by atoms with Gasteiger partial charge in [-0.1, -0.05) is 11.6 Å². The van der Waals surface area contributed by atoms with E-state index in [-0.39, 0.29) is 6.01 Å². The van der Waals surface area contributed by atoms with Crippen LogP contribution in [0, 0.1) is 6.92 Å². The molecule has 3 rings (SSSR count). The zero-order valence-electron chi connectivity index (χ0n) is 12.2. The summed E-state index contributed by atoms with van der Waals surface area (Å²) in [5.41, 5.74) is 1.98. The van der Waals surface area contributed by atoms with Crippen molar-refractivity contribution in [1.82, 2.24) is 15.0 Å². The van der Waals surface area contributed by atoms with Crippen LogP contribution in [0.25, 0.3) is 22.6 Å². The fourth-order valence-corrected chi connectivity index (χ4v) is 2.05. The third-order valence-corrected chi connectivity index (χ3v) is 3.00. The summed E-state index contributed by atoms with van der Waals surface area (Å²) in [6, 6.07) is 8.22. The van der Waals surface area contributed by atoms with Gasteiger partial charge in [0.05, 0.1) is 6.61 Å². The zero-order chi connectivity index (χ0) is 14.8. The van der Waals surface area contributed by atoms with Gasteiger partial charge in [-0.25, -0.2) is 0 Å². The Morgan fingerprint density at radius 3 is 2.81 bits per heavy atom. The summed E-state index contributed by atoms with van der Waals surface area (Å²) in [6.45, 7) is 4.42. The lowest BCUT2D eigenvalue weighted by Crippen LogP contribution is -2.04. The highest BCUT2D eigenvalue weighted by Gasteiger charge is 2.13. The summed E-state index contributed by atoms with van der Waals surface area (Å²) in [4.78, 5) is 12.7. The predicted octanol–water partition coefficient (Wildman–Crippen LogP) is 3.03. The second-order valence-electron chi connectivity index (χ2n) is 4.60. The normalized spacial score (nSPS) is 10.8. The molecule has 0 aliphatic heterocycles. The highest BCUT2D eigenvalue weighted by molar-refractivity contribution is 5.82. The Morgan fingerprint density at radius 2 is 2.05 bits per heavy atom. The first-order valence-corrected chi connectivity index (χ1v) is 6.77. The predicted molar refractivity (Wildman–Crippen MR) is 80.5 cm³/mol. The van der Waals surface area contributed by atoms with Crippen LogP contribution in [-0.2, 0) is 0 Å². The van der Waals surface area contributed by atoms with Gasteiger partial charge in [-0.15, -0.1) is 0 Å². The topological polar surface area (TPSA) is 73.1 Å². The average Bonchev–Trinajstić information content (AvgIpc) is 2.90. The second-order valence-corrected chi connectivity index (χ2v) is 4.60. The van der Waals surface area contributed by atoms with Crippen molar-refractivity contribution in [2.75, 3.05) is 19.0 Å². The number of nitrogens with one attached hydrogen (secondary N) is 1. The molecule has 1 N–H and O–H groups in total. The lowest BCUT2D eigenvalue weighted by Gasteiger charge is -2.04. The van der Waals surface area contributed by atoms with E-state index in [1.807, 2.05) is 32.0 Å². The van der Waals surface area contributed by atoms with Crippen molar-refractivity contribution in [1.29, 1.82) is 0 Å². The Morgan fingerprint density at radius 1 is 1.19 bits per heavy atom. The molecule has 108 valence electrons. The SMILES string of the molecule is CCOc1nc(NC)nc(-c2cc3cc(C)ccc3o2)n1. The molecule has 0 bridgehead atoms. The Kier molecular flexibility index (Phi) is 3.43. The van der Waals surface area contributed by atoms with E-state index in [0.717, 1.165) is 11.0 Å². The van der Waals surface area contributed by atoms with Crippen molar-refractivity contribution >= 4 is 16.9 Å². The lowest BCUT2D eigenvalue weighted by molar-refractivity contribution is 0.312. The second kappa shape index (κ2) is 5.40. The van der Waals surface area contributed by atoms with Gasteiger partial charge >= 0.3 is 6.01 Å². The molecule has 3 aromatic rings. The van der Waals surface area contributed by atoms with E-state index in [4.69, 9.17) is 9.15 Å². The van der Waals surface area contributed by atoms with Gasteiger partial charge in [-0.05, 0) is 32.0 Å². The largest absolute Gasteiger partial charge is 0.464 e. The van der Waals surface area contributed by atoms with Gasteiger partial charge in [0.15, 0.2) is 5.76 Å². The van der Waals surface area contributed by atoms with Gasteiger partial charge in [0.25, 0.3) is 0 Å². The summed E-state index contributed by atoms with van der Waals surface area (Å²) in [7, 11) is 1.75. The molecule has 0 fully saturated rings. The van der Waals surface area contributed by atoms with E-state index in [1.54, 1.807) is 7.05 Å². The average molecular weight is 284 g/mol. The molecule has 0 spiro atoms. The highest BCUT2D eigenvalue weighted by Crippen LogP contribution is 2.27. The maximum Gasteiger partial charge on any atom is 0.321 e. The molecule has 6 nitrogen and oxygen atoms in total. The van der Waals surface area contributed by atoms with Crippen molar-refractivity contribution in [3.63, 3.8) is 0 Å². The van der Waals surface area contributed by atoms with Crippen LogP contribution >= 0.6 is 0 Å². The number of nitrogens with zero attached hydrogens (tertiary/aromatic N) is 3. The number of ether oxygens (including phenoxy) is 1. The molecule has 21 heavy (non-hydrogen) atoms. The van der Waals surface area contributed by atoms with Crippen molar-refractivity contribution < 1.29 is 9.15 Å². The molecule has 0 saturated carbocycles. The third kappa shape index (κ3) is 2.65. The number of benzene rings is 1. The number of rotatable bonds is 4. The third-order valence-electron chi connectivity index (χ3n) is 3.00. The van der Waals surface area contributed by atoms with Crippen LogP contribution in [0.1, 0.15) is 12.5 Å². The molecule has 0 amide bonds. The molecule has 2 aromatic heterocycles. The maximum absolute atomic E-state index is 5.81. The molecule has 0 radical (unpaired) electrons. The number of fused-ring (bicyclic) bond motifs is 1. The van der Waals surface area contributed by atoms with E-state index in [0.29, 0.717) is 24.1 Å². The van der Waals surface area contributed by atoms with E-state index >= 15 is 0 Å². The van der Waals surface area contributed by atoms with E-state index in [1.165, 1.54) is 5.56 Å². The van der Waals surface area contributed by atoms with Crippen LogP contribution in [-0.4, -0.2) is 28.6 Å². The molecule has 0 unspecified atom stereocenters. The van der Waals surface area contributed by atoms with Crippen LogP contribution in [0.5, 0.6) is 6.01 Å². The van der Waals surface area contributed by atoms with Gasteiger partial charge in [-0.3, -0.25) is 0 Å². The maximum atomic E-state index is 5.81. The number of aromatic nitrogens is 3. The van der Waals surface area contributed by atoms with Gasteiger partial charge in [0, 0.05) is 12.4 Å². The number of furan rings is 1. The minimum absolute atomic E-state index is 0.281. The minimum atomic E-state index is 0.281. The van der Waals surface area contributed by atoms with Gasteiger partial charge < -0.3 is 14.5 Å². The van der Waals surface area contributed by atoms with Gasteiger partial charge in [-0.2, -0.15) is 15.0 Å². The van der Waals surface area contributed by atoms with E-state index in [2.05, 4.69) is 26.3 Å². The minimum Gasteiger partial charge on any atom is -0.464 e. The molecule has 0 aliphatic carbocycles. The molecule has 0 saturated heterocycles. The first-order valence-electron chi connectivity index (χ1n) is 6.77. The van der Waals surface area contributed by atoms with Crippen LogP contribution in [0.4, 0.5) is 5.95 Å². The van der Waals surface area contributed by atoms with Gasteiger partial charge in [0.2, 0.25) is 11.8 Å². The lowest BCUT2D eigenvalue weighted by atomic mass is 10.2. The molecule has 0 atom stereocenters. The smallest absolute Gasteiger partial charge is 0.321 e. The summed E-state index contributed by atoms with van der Waals surface area (Å²) >= 11 is 0. The molecule has 0 aliphatic rings. The Labute approximate surface area is 122 Å². The fourth-order valence-electron chi connectivity index (χ4n) is 2.05. The summed E-state index contributed by atoms with van der Waals surface area (Å²) in [5, 5.41) is 3.92. The Bertz CT molecular complexity index is 782. The van der Waals surface area contributed by atoms with Crippen LogP contribution in [0.15, 0.2) is 28.7 Å².